The van der Waals surface area contributed by atoms with Crippen molar-refractivity contribution in [2.24, 2.45) is 11.8 Å². The lowest BCUT2D eigenvalue weighted by atomic mass is 9.76. The minimum absolute atomic E-state index is 0.197. The van der Waals surface area contributed by atoms with E-state index in [2.05, 4.69) is 18.2 Å². The Balaban J connectivity index is 1.73. The van der Waals surface area contributed by atoms with E-state index in [-0.39, 0.29) is 18.6 Å². The predicted molar refractivity (Wildman–Crippen MR) is 100 cm³/mol. The molecule has 0 aliphatic heterocycles. The van der Waals surface area contributed by atoms with Gasteiger partial charge in [-0.1, -0.05) is 49.4 Å². The number of benzene rings is 2. The zero-order valence-electron chi connectivity index (χ0n) is 15.3. The second-order valence-electron chi connectivity index (χ2n) is 7.19. The van der Waals surface area contributed by atoms with Gasteiger partial charge < -0.3 is 24.8 Å². The topological polar surface area (TPSA) is 96.2 Å². The molecule has 1 saturated carbocycles. The molecule has 5 atom stereocenters. The van der Waals surface area contributed by atoms with Crippen molar-refractivity contribution in [1.82, 2.24) is 0 Å². The smallest absolute Gasteiger partial charge is 0.329 e. The van der Waals surface area contributed by atoms with Gasteiger partial charge >= 0.3 is 5.97 Å². The molecule has 0 spiro atoms. The van der Waals surface area contributed by atoms with Crippen LogP contribution in [0.2, 0.25) is 0 Å². The number of hydrogen-bond acceptors (Lipinski definition) is 5. The van der Waals surface area contributed by atoms with Crippen molar-refractivity contribution in [3.05, 3.63) is 48.0 Å². The number of aliphatic carboxylic acids is 1. The molecule has 1 aliphatic rings. The van der Waals surface area contributed by atoms with Crippen LogP contribution < -0.4 is 0 Å². The second-order valence-corrected chi connectivity index (χ2v) is 7.19. The molecule has 3 rings (SSSR count). The highest BCUT2D eigenvalue weighted by atomic mass is 16.5. The van der Waals surface area contributed by atoms with Gasteiger partial charge in [0.1, 0.15) is 6.61 Å². The quantitative estimate of drug-likeness (QED) is 0.688. The van der Waals surface area contributed by atoms with Crippen molar-refractivity contribution in [2.45, 2.75) is 38.3 Å². The lowest BCUT2D eigenvalue weighted by Crippen LogP contribution is -2.52. The first kappa shape index (κ1) is 19.8. The minimum atomic E-state index is -1.09. The number of rotatable bonds is 7. The molecule has 2 aromatic carbocycles. The fraction of sp³-hybridized carbons (Fsp3) is 0.476. The molecule has 27 heavy (non-hydrogen) atoms. The van der Waals surface area contributed by atoms with Crippen molar-refractivity contribution in [1.29, 1.82) is 0 Å². The zero-order chi connectivity index (χ0) is 19.4. The van der Waals surface area contributed by atoms with Crippen LogP contribution in [0.1, 0.15) is 18.9 Å². The number of carbonyl (C=O) groups is 1. The lowest BCUT2D eigenvalue weighted by Gasteiger charge is -2.42. The third kappa shape index (κ3) is 4.47. The number of aliphatic hydroxyl groups is 2. The summed E-state index contributed by atoms with van der Waals surface area (Å²) in [7, 11) is 0. The maximum Gasteiger partial charge on any atom is 0.329 e. The highest BCUT2D eigenvalue weighted by Crippen LogP contribution is 2.34. The van der Waals surface area contributed by atoms with Crippen molar-refractivity contribution in [2.75, 3.05) is 13.2 Å². The summed E-state index contributed by atoms with van der Waals surface area (Å²) in [5.74, 6) is -1.69. The molecule has 6 nitrogen and oxygen atoms in total. The first-order chi connectivity index (χ1) is 13.0. The van der Waals surface area contributed by atoms with Crippen LogP contribution >= 0.6 is 0 Å². The second kappa shape index (κ2) is 8.80. The summed E-state index contributed by atoms with van der Waals surface area (Å²) < 4.78 is 11.6. The number of hydrogen-bond donors (Lipinski definition) is 3. The molecule has 6 heteroatoms. The van der Waals surface area contributed by atoms with Crippen LogP contribution in [-0.4, -0.2) is 52.8 Å². The fourth-order valence-corrected chi connectivity index (χ4v) is 3.88. The number of ether oxygens (including phenoxy) is 2. The van der Waals surface area contributed by atoms with E-state index < -0.39 is 30.7 Å². The van der Waals surface area contributed by atoms with Gasteiger partial charge in [-0.25, -0.2) is 4.79 Å². The summed E-state index contributed by atoms with van der Waals surface area (Å²) in [6, 6.07) is 14.1. The Hall–Kier alpha value is -1.99. The predicted octanol–water partition coefficient (Wildman–Crippen LogP) is 2.20. The molecule has 0 aromatic heterocycles. The molecular formula is C21H26O6. The summed E-state index contributed by atoms with van der Waals surface area (Å²) in [6.45, 7) is 1.60. The molecular weight excluding hydrogens is 348 g/mol. The molecule has 0 bridgehead atoms. The largest absolute Gasteiger partial charge is 0.480 e. The van der Waals surface area contributed by atoms with Crippen molar-refractivity contribution in [3.8, 4) is 0 Å². The van der Waals surface area contributed by atoms with Gasteiger partial charge in [-0.15, -0.1) is 0 Å². The number of carboxylic acid groups (broad SMARTS) is 1. The minimum Gasteiger partial charge on any atom is -0.480 e. The van der Waals surface area contributed by atoms with E-state index in [0.717, 1.165) is 16.3 Å². The zero-order valence-corrected chi connectivity index (χ0v) is 15.3. The Bertz CT molecular complexity index is 771. The van der Waals surface area contributed by atoms with Crippen molar-refractivity contribution in [3.63, 3.8) is 0 Å². The van der Waals surface area contributed by atoms with Crippen LogP contribution in [0.5, 0.6) is 0 Å². The highest BCUT2D eigenvalue weighted by molar-refractivity contribution is 5.85. The Morgan fingerprint density at radius 3 is 2.63 bits per heavy atom. The summed E-state index contributed by atoms with van der Waals surface area (Å²) in [5.41, 5.74) is 1.06. The van der Waals surface area contributed by atoms with Gasteiger partial charge in [0.2, 0.25) is 0 Å². The first-order valence-electron chi connectivity index (χ1n) is 9.21. The normalized spacial score (nSPS) is 28.3. The van der Waals surface area contributed by atoms with Crippen LogP contribution in [0, 0.1) is 11.8 Å². The molecule has 1 fully saturated rings. The molecule has 2 aromatic rings. The molecule has 0 radical (unpaired) electrons. The van der Waals surface area contributed by atoms with Gasteiger partial charge in [-0.2, -0.15) is 0 Å². The monoisotopic (exact) mass is 374 g/mol. The van der Waals surface area contributed by atoms with Crippen molar-refractivity contribution >= 4 is 16.7 Å². The average molecular weight is 374 g/mol. The average Bonchev–Trinajstić information content (AvgIpc) is 2.67. The van der Waals surface area contributed by atoms with E-state index in [1.165, 1.54) is 0 Å². The lowest BCUT2D eigenvalue weighted by molar-refractivity contribution is -0.177. The molecule has 0 unspecified atom stereocenters. The molecule has 1 aliphatic carbocycles. The Kier molecular flexibility index (Phi) is 6.44. The van der Waals surface area contributed by atoms with Gasteiger partial charge in [0.25, 0.3) is 0 Å². The van der Waals surface area contributed by atoms with Crippen LogP contribution in [0.25, 0.3) is 10.8 Å². The molecule has 0 saturated heterocycles. The Morgan fingerprint density at radius 2 is 1.89 bits per heavy atom. The van der Waals surface area contributed by atoms with Gasteiger partial charge in [-0.05, 0) is 22.8 Å². The summed E-state index contributed by atoms with van der Waals surface area (Å²) in [6.07, 6.45) is -1.36. The molecule has 0 heterocycles. The summed E-state index contributed by atoms with van der Waals surface area (Å²) in [5, 5.41) is 31.2. The first-order valence-corrected chi connectivity index (χ1v) is 9.21. The highest BCUT2D eigenvalue weighted by Gasteiger charge is 2.43. The van der Waals surface area contributed by atoms with E-state index in [0.29, 0.717) is 13.0 Å². The SMILES string of the molecule is C[C@@H]1[C@@H](OCC(=O)O)[C@H](O)[C@@H](CO)C[C@H]1OCc1cccc2ccccc12. The molecule has 3 N–H and O–H groups in total. The number of fused-ring (bicyclic) bond motifs is 1. The Labute approximate surface area is 158 Å². The molecule has 146 valence electrons. The fourth-order valence-electron chi connectivity index (χ4n) is 3.88. The van der Waals surface area contributed by atoms with E-state index in [9.17, 15) is 15.0 Å². The number of aliphatic hydroxyl groups excluding tert-OH is 2. The van der Waals surface area contributed by atoms with Gasteiger partial charge in [0, 0.05) is 18.4 Å². The summed E-state index contributed by atoms with van der Waals surface area (Å²) in [4.78, 5) is 10.8. The van der Waals surface area contributed by atoms with E-state index in [1.54, 1.807) is 0 Å². The van der Waals surface area contributed by atoms with E-state index in [1.807, 2.05) is 31.2 Å². The Morgan fingerprint density at radius 1 is 1.15 bits per heavy atom. The van der Waals surface area contributed by atoms with Gasteiger partial charge in [0.15, 0.2) is 0 Å². The van der Waals surface area contributed by atoms with Gasteiger partial charge in [-0.3, -0.25) is 0 Å². The molecule has 0 amide bonds. The van der Waals surface area contributed by atoms with Gasteiger partial charge in [0.05, 0.1) is 24.9 Å². The third-order valence-electron chi connectivity index (χ3n) is 5.43. The third-order valence-corrected chi connectivity index (χ3v) is 5.43. The van der Waals surface area contributed by atoms with Crippen LogP contribution in [0.15, 0.2) is 42.5 Å². The van der Waals surface area contributed by atoms with E-state index in [4.69, 9.17) is 14.6 Å². The van der Waals surface area contributed by atoms with Crippen LogP contribution in [-0.2, 0) is 20.9 Å². The van der Waals surface area contributed by atoms with Crippen LogP contribution in [0.3, 0.4) is 0 Å². The van der Waals surface area contributed by atoms with E-state index >= 15 is 0 Å². The standard InChI is InChI=1S/C21H26O6/c1-13-18(9-16(10-22)20(25)21(13)27-12-19(23)24)26-11-15-7-4-6-14-5-2-3-8-17(14)15/h2-8,13,16,18,20-22,25H,9-12H2,1H3,(H,23,24)/t13-,16+,18+,20+,21+/m0/s1. The van der Waals surface area contributed by atoms with Crippen LogP contribution in [0.4, 0.5) is 0 Å². The maximum absolute atomic E-state index is 10.8. The maximum atomic E-state index is 10.8. The number of carboxylic acids is 1. The van der Waals surface area contributed by atoms with Crippen molar-refractivity contribution < 1.29 is 29.6 Å². The summed E-state index contributed by atoms with van der Waals surface area (Å²) >= 11 is 0.